The van der Waals surface area contributed by atoms with Gasteiger partial charge in [0.1, 0.15) is 5.82 Å². The van der Waals surface area contributed by atoms with Gasteiger partial charge >= 0.3 is 18.2 Å². The number of rotatable bonds is 3. The number of alkyl halides is 3. The average molecular weight is 498 g/mol. The van der Waals surface area contributed by atoms with Crippen molar-refractivity contribution in [2.24, 2.45) is 0 Å². The molecule has 4 aromatic rings. The van der Waals surface area contributed by atoms with Crippen molar-refractivity contribution in [3.8, 4) is 11.3 Å². The lowest BCUT2D eigenvalue weighted by atomic mass is 10.1. The van der Waals surface area contributed by atoms with Crippen molar-refractivity contribution < 1.29 is 32.7 Å². The molecule has 1 unspecified atom stereocenters. The van der Waals surface area contributed by atoms with Gasteiger partial charge in [-0.2, -0.15) is 23.0 Å². The van der Waals surface area contributed by atoms with Crippen molar-refractivity contribution in [2.45, 2.75) is 18.8 Å². The molecule has 1 aliphatic heterocycles. The smallest absolute Gasteiger partial charge is 0.463 e. The van der Waals surface area contributed by atoms with Crippen molar-refractivity contribution in [1.29, 1.82) is 0 Å². The third kappa shape index (κ3) is 3.93. The molecule has 1 aliphatic rings. The monoisotopic (exact) mass is 498 g/mol. The third-order valence-corrected chi connectivity index (χ3v) is 5.85. The van der Waals surface area contributed by atoms with Crippen LogP contribution in [0.25, 0.3) is 22.2 Å². The van der Waals surface area contributed by atoms with E-state index in [1.807, 2.05) is 6.07 Å². The number of carbonyl (C=O) groups excluding carboxylic acids is 2. The number of hydrogen-bond donors (Lipinski definition) is 2. The fourth-order valence-corrected chi connectivity index (χ4v) is 4.26. The van der Waals surface area contributed by atoms with Crippen molar-refractivity contribution in [1.82, 2.24) is 24.2 Å². The molecule has 13 heteroatoms. The van der Waals surface area contributed by atoms with Gasteiger partial charge in [-0.3, -0.25) is 9.59 Å². The summed E-state index contributed by atoms with van der Waals surface area (Å²) in [4.78, 5) is 41.6. The Morgan fingerprint density at radius 1 is 1.03 bits per heavy atom. The van der Waals surface area contributed by atoms with E-state index < -0.39 is 30.1 Å². The Hall–Kier alpha value is -4.68. The van der Waals surface area contributed by atoms with Crippen molar-refractivity contribution in [2.75, 3.05) is 11.9 Å². The Labute approximate surface area is 200 Å². The van der Waals surface area contributed by atoms with E-state index in [9.17, 15) is 32.7 Å². The molecule has 0 aliphatic carbocycles. The molecular weight excluding hydrogens is 481 g/mol. The predicted molar refractivity (Wildman–Crippen MR) is 120 cm³/mol. The first kappa shape index (κ1) is 23.1. The van der Waals surface area contributed by atoms with Crippen LogP contribution in [-0.4, -0.2) is 60.0 Å². The Balaban J connectivity index is 1.54. The highest BCUT2D eigenvalue weighted by Crippen LogP contribution is 2.34. The van der Waals surface area contributed by atoms with Gasteiger partial charge in [-0.05, 0) is 23.8 Å². The highest BCUT2D eigenvalue weighted by molar-refractivity contribution is 6.00. The topological polar surface area (TPSA) is 122 Å². The molecule has 0 bridgehead atoms. The van der Waals surface area contributed by atoms with Crippen LogP contribution in [0.2, 0.25) is 0 Å². The van der Waals surface area contributed by atoms with Gasteiger partial charge < -0.3 is 19.9 Å². The zero-order chi connectivity index (χ0) is 25.6. The molecule has 2 N–H and O–H groups in total. The summed E-state index contributed by atoms with van der Waals surface area (Å²) < 4.78 is 42.5. The highest BCUT2D eigenvalue weighted by atomic mass is 19.4. The van der Waals surface area contributed by atoms with Crippen LogP contribution < -0.4 is 5.32 Å². The molecule has 5 rings (SSSR count). The Morgan fingerprint density at radius 2 is 1.78 bits per heavy atom. The molecule has 36 heavy (non-hydrogen) atoms. The van der Waals surface area contributed by atoms with Gasteiger partial charge in [0, 0.05) is 24.2 Å². The van der Waals surface area contributed by atoms with Gasteiger partial charge in [0.15, 0.2) is 6.04 Å². The second-order valence-corrected chi connectivity index (χ2v) is 8.02. The molecule has 2 aromatic carbocycles. The number of imidazole rings is 1. The lowest BCUT2D eigenvalue weighted by molar-refractivity contribution is -0.189. The molecule has 3 heterocycles. The molecule has 184 valence electrons. The summed E-state index contributed by atoms with van der Waals surface area (Å²) in [6.07, 6.45) is -3.77. The van der Waals surface area contributed by atoms with Crippen LogP contribution in [-0.2, 0) is 16.1 Å². The zero-order valence-electron chi connectivity index (χ0n) is 18.3. The third-order valence-electron chi connectivity index (χ3n) is 5.85. The summed E-state index contributed by atoms with van der Waals surface area (Å²) in [7, 11) is 0. The summed E-state index contributed by atoms with van der Waals surface area (Å²) in [5, 5.41) is 16.0. The Bertz CT molecular complexity index is 1490. The van der Waals surface area contributed by atoms with E-state index in [-0.39, 0.29) is 30.1 Å². The molecule has 0 fully saturated rings. The molecule has 0 saturated heterocycles. The second-order valence-electron chi connectivity index (χ2n) is 8.02. The first-order valence-electron chi connectivity index (χ1n) is 10.7. The number of carbonyl (C=O) groups is 3. The lowest BCUT2D eigenvalue weighted by Gasteiger charge is -2.35. The summed E-state index contributed by atoms with van der Waals surface area (Å²) in [6, 6.07) is 11.6. The van der Waals surface area contributed by atoms with Crippen LogP contribution in [0.3, 0.4) is 0 Å². The van der Waals surface area contributed by atoms with Crippen LogP contribution in [0.1, 0.15) is 11.9 Å². The van der Waals surface area contributed by atoms with Gasteiger partial charge in [0.05, 0.1) is 23.6 Å². The minimum atomic E-state index is -5.19. The van der Waals surface area contributed by atoms with Crippen LogP contribution in [0.4, 0.5) is 23.7 Å². The number of nitrogens with one attached hydrogen (secondary N) is 1. The summed E-state index contributed by atoms with van der Waals surface area (Å²) in [5.41, 5.74) is 1.62. The molecule has 0 spiro atoms. The molecule has 10 nitrogen and oxygen atoms in total. The van der Waals surface area contributed by atoms with E-state index in [0.717, 1.165) is 5.56 Å². The summed E-state index contributed by atoms with van der Waals surface area (Å²) >= 11 is 0. The van der Waals surface area contributed by atoms with E-state index in [1.165, 1.54) is 30.6 Å². The molecule has 2 amide bonds. The number of halogens is 3. The van der Waals surface area contributed by atoms with E-state index in [4.69, 9.17) is 0 Å². The number of nitrogens with zero attached hydrogens (tertiary/aromatic N) is 5. The number of benzene rings is 2. The maximum absolute atomic E-state index is 13.4. The van der Waals surface area contributed by atoms with Gasteiger partial charge in [0.25, 0.3) is 5.91 Å². The van der Waals surface area contributed by atoms with E-state index >= 15 is 0 Å². The minimum absolute atomic E-state index is 0.00885. The maximum atomic E-state index is 13.4. The highest BCUT2D eigenvalue weighted by Gasteiger charge is 2.49. The Morgan fingerprint density at radius 3 is 2.47 bits per heavy atom. The van der Waals surface area contributed by atoms with Gasteiger partial charge in [0.2, 0.25) is 0 Å². The van der Waals surface area contributed by atoms with Crippen molar-refractivity contribution in [3.05, 3.63) is 66.7 Å². The quantitative estimate of drug-likeness (QED) is 0.446. The SMILES string of the molecule is O=C(Nc1ccc2cnn(C(=O)O)c2c1)C1c2ncc(-c3ccccc3)n2CCN1C(=O)C(F)(F)F. The van der Waals surface area contributed by atoms with E-state index in [2.05, 4.69) is 15.4 Å². The molecular formula is C23H17F3N6O4. The maximum Gasteiger partial charge on any atom is 0.471 e. The van der Waals surface area contributed by atoms with Gasteiger partial charge in [-0.25, -0.2) is 9.78 Å². The lowest BCUT2D eigenvalue weighted by Crippen LogP contribution is -2.51. The summed E-state index contributed by atoms with van der Waals surface area (Å²) in [6.45, 7) is -0.362. The normalized spacial score (nSPS) is 15.5. The predicted octanol–water partition coefficient (Wildman–Crippen LogP) is 3.51. The summed E-state index contributed by atoms with van der Waals surface area (Å²) in [5.74, 6) is -3.11. The Kier molecular flexibility index (Phi) is 5.46. The number of amides is 2. The molecule has 2 aromatic heterocycles. The molecule has 1 atom stereocenters. The minimum Gasteiger partial charge on any atom is -0.463 e. The van der Waals surface area contributed by atoms with E-state index in [1.54, 1.807) is 28.8 Å². The second kappa shape index (κ2) is 8.52. The molecule has 0 saturated carbocycles. The van der Waals surface area contributed by atoms with Crippen molar-refractivity contribution >= 4 is 34.5 Å². The van der Waals surface area contributed by atoms with Gasteiger partial charge in [-0.15, -0.1) is 0 Å². The fourth-order valence-electron chi connectivity index (χ4n) is 4.26. The van der Waals surface area contributed by atoms with Crippen LogP contribution in [0.15, 0.2) is 60.9 Å². The number of carboxylic acid groups (broad SMARTS) is 1. The van der Waals surface area contributed by atoms with Crippen LogP contribution >= 0.6 is 0 Å². The standard InChI is InChI=1S/C23H17F3N6O4/c24-23(25,26)21(34)31-9-8-30-17(13-4-2-1-3-5-13)12-27-19(30)18(31)20(33)29-15-7-6-14-11-28-32(22(35)36)16(14)10-15/h1-7,10-12,18H,8-9H2,(H,29,33)(H,35,36). The van der Waals surface area contributed by atoms with E-state index in [0.29, 0.717) is 20.7 Å². The van der Waals surface area contributed by atoms with Crippen molar-refractivity contribution in [3.63, 3.8) is 0 Å². The largest absolute Gasteiger partial charge is 0.471 e. The number of fused-ring (bicyclic) bond motifs is 2. The number of hydrogen-bond acceptors (Lipinski definition) is 5. The zero-order valence-corrected chi connectivity index (χ0v) is 18.3. The van der Waals surface area contributed by atoms with Crippen LogP contribution in [0, 0.1) is 0 Å². The first-order valence-corrected chi connectivity index (χ1v) is 10.7. The number of aromatic nitrogens is 4. The average Bonchev–Trinajstić information content (AvgIpc) is 3.47. The first-order chi connectivity index (χ1) is 17.1. The molecule has 0 radical (unpaired) electrons. The van der Waals surface area contributed by atoms with Crippen LogP contribution in [0.5, 0.6) is 0 Å². The fraction of sp³-hybridized carbons (Fsp3) is 0.174. The number of anilines is 1. The van der Waals surface area contributed by atoms with Gasteiger partial charge in [-0.1, -0.05) is 30.3 Å².